The molecule has 2 N–H and O–H groups in total. The summed E-state index contributed by atoms with van der Waals surface area (Å²) in [6.07, 6.45) is 0.464. The van der Waals surface area contributed by atoms with Gasteiger partial charge >= 0.3 is 6.18 Å². The van der Waals surface area contributed by atoms with E-state index in [9.17, 15) is 18.0 Å². The topological polar surface area (TPSA) is 41.1 Å². The number of carbonyl (C=O) groups is 1. The predicted molar refractivity (Wildman–Crippen MR) is 86.9 cm³/mol. The molecule has 5 fully saturated rings. The zero-order chi connectivity index (χ0) is 16.3. The van der Waals surface area contributed by atoms with Crippen molar-refractivity contribution in [1.82, 2.24) is 10.6 Å². The van der Waals surface area contributed by atoms with Gasteiger partial charge in [0.25, 0.3) is 0 Å². The molecule has 0 radical (unpaired) electrons. The highest BCUT2D eigenvalue weighted by Crippen LogP contribution is 2.69. The second-order valence-corrected chi connectivity index (χ2v) is 8.54. The molecule has 4 bridgehead atoms. The summed E-state index contributed by atoms with van der Waals surface area (Å²) in [7, 11) is 0. The molecule has 0 aromatic rings. The molecule has 7 heteroatoms. The molecule has 138 valence electrons. The van der Waals surface area contributed by atoms with Crippen molar-refractivity contribution in [2.45, 2.75) is 63.6 Å². The minimum absolute atomic E-state index is 0. The summed E-state index contributed by atoms with van der Waals surface area (Å²) in [5.74, 6) is 0.0511. The highest BCUT2D eigenvalue weighted by molar-refractivity contribution is 5.85. The summed E-state index contributed by atoms with van der Waals surface area (Å²) < 4.78 is 41.2. The molecule has 1 heterocycles. The maximum absolute atomic E-state index is 13.7. The normalized spacial score (nSPS) is 44.0. The first-order valence-corrected chi connectivity index (χ1v) is 8.90. The van der Waals surface area contributed by atoms with Gasteiger partial charge in [0.05, 0.1) is 10.8 Å². The molecule has 3 nitrogen and oxygen atoms in total. The maximum Gasteiger partial charge on any atom is 0.394 e. The zero-order valence-electron chi connectivity index (χ0n) is 13.8. The SMILES string of the molecule is Cl.O=C(N[C@H]1CCCNC1)C12CC3CC(C1)CC(C(F)(F)F)(C3)C2. The highest BCUT2D eigenvalue weighted by Gasteiger charge is 2.68. The quantitative estimate of drug-likeness (QED) is 0.786. The third kappa shape index (κ3) is 2.83. The van der Waals surface area contributed by atoms with Crippen molar-refractivity contribution in [3.05, 3.63) is 0 Å². The lowest BCUT2D eigenvalue weighted by molar-refractivity contribution is -0.283. The van der Waals surface area contributed by atoms with E-state index in [2.05, 4.69) is 10.6 Å². The van der Waals surface area contributed by atoms with Gasteiger partial charge in [-0.1, -0.05) is 0 Å². The summed E-state index contributed by atoms with van der Waals surface area (Å²) in [6, 6.07) is 0.0751. The number of halogens is 4. The fourth-order valence-corrected chi connectivity index (χ4v) is 6.17. The van der Waals surface area contributed by atoms with Crippen LogP contribution in [0.5, 0.6) is 0 Å². The molecular weight excluding hydrogens is 341 g/mol. The Hall–Kier alpha value is -0.490. The largest absolute Gasteiger partial charge is 0.394 e. The van der Waals surface area contributed by atoms with Crippen LogP contribution in [0.25, 0.3) is 0 Å². The van der Waals surface area contributed by atoms with Crippen LogP contribution in [0.3, 0.4) is 0 Å². The summed E-state index contributed by atoms with van der Waals surface area (Å²) >= 11 is 0. The predicted octanol–water partition coefficient (Wildman–Crippen LogP) is 3.43. The first-order valence-electron chi connectivity index (χ1n) is 8.90. The van der Waals surface area contributed by atoms with Gasteiger partial charge in [-0.25, -0.2) is 0 Å². The Morgan fingerprint density at radius 3 is 2.33 bits per heavy atom. The van der Waals surface area contributed by atoms with Crippen LogP contribution >= 0.6 is 12.4 Å². The molecule has 4 saturated carbocycles. The molecule has 5 aliphatic rings. The standard InChI is InChI=1S/C17H25F3N2O.ClH/c18-17(19,20)16-7-11-4-12(8-16)6-15(5-11,10-16)14(23)22-13-2-1-3-21-9-13;/h11-13,21H,1-10H2,(H,22,23);1H/t11?,12?,13-,15?,16?;/m0./s1. The second-order valence-electron chi connectivity index (χ2n) is 8.54. The van der Waals surface area contributed by atoms with Crippen molar-refractivity contribution in [2.75, 3.05) is 13.1 Å². The number of amides is 1. The van der Waals surface area contributed by atoms with Crippen molar-refractivity contribution >= 4 is 18.3 Å². The maximum atomic E-state index is 13.7. The lowest BCUT2D eigenvalue weighted by Crippen LogP contribution is -2.62. The molecular formula is C17H26ClF3N2O. The van der Waals surface area contributed by atoms with Crippen molar-refractivity contribution in [1.29, 1.82) is 0 Å². The first kappa shape index (κ1) is 18.3. The van der Waals surface area contributed by atoms with Crippen LogP contribution in [0.2, 0.25) is 0 Å². The van der Waals surface area contributed by atoms with Crippen molar-refractivity contribution in [2.24, 2.45) is 22.7 Å². The molecule has 1 amide bonds. The van der Waals surface area contributed by atoms with E-state index in [1.807, 2.05) is 0 Å². The second kappa shape index (κ2) is 6.04. The van der Waals surface area contributed by atoms with Crippen LogP contribution in [0, 0.1) is 22.7 Å². The molecule has 0 aromatic heterocycles. The Morgan fingerprint density at radius 2 is 1.79 bits per heavy atom. The van der Waals surface area contributed by atoms with Gasteiger partial charge in [-0.2, -0.15) is 13.2 Å². The van der Waals surface area contributed by atoms with Crippen LogP contribution < -0.4 is 10.6 Å². The van der Waals surface area contributed by atoms with Gasteiger partial charge in [0.15, 0.2) is 0 Å². The fourth-order valence-electron chi connectivity index (χ4n) is 6.17. The number of rotatable bonds is 2. The molecule has 3 atom stereocenters. The number of carbonyl (C=O) groups excluding carboxylic acids is 1. The van der Waals surface area contributed by atoms with Gasteiger partial charge in [0, 0.05) is 12.6 Å². The number of alkyl halides is 3. The zero-order valence-corrected chi connectivity index (χ0v) is 14.6. The Kier molecular flexibility index (Phi) is 4.61. The number of hydrogen-bond donors (Lipinski definition) is 2. The molecule has 24 heavy (non-hydrogen) atoms. The van der Waals surface area contributed by atoms with Crippen LogP contribution in [-0.4, -0.2) is 31.2 Å². The fraction of sp³-hybridized carbons (Fsp3) is 0.941. The van der Waals surface area contributed by atoms with Crippen LogP contribution in [0.4, 0.5) is 13.2 Å². The smallest absolute Gasteiger partial charge is 0.352 e. The molecule has 1 aliphatic heterocycles. The van der Waals surface area contributed by atoms with E-state index in [-0.39, 0.29) is 55.5 Å². The van der Waals surface area contributed by atoms with Crippen molar-refractivity contribution in [3.8, 4) is 0 Å². The van der Waals surface area contributed by atoms with E-state index in [1.54, 1.807) is 0 Å². The molecule has 0 spiro atoms. The van der Waals surface area contributed by atoms with E-state index in [0.717, 1.165) is 32.4 Å². The van der Waals surface area contributed by atoms with E-state index in [4.69, 9.17) is 0 Å². The average molecular weight is 367 g/mol. The van der Waals surface area contributed by atoms with Crippen molar-refractivity contribution in [3.63, 3.8) is 0 Å². The van der Waals surface area contributed by atoms with Gasteiger partial charge in [-0.05, 0) is 69.7 Å². The minimum Gasteiger partial charge on any atom is -0.352 e. The molecule has 2 unspecified atom stereocenters. The average Bonchev–Trinajstić information content (AvgIpc) is 2.45. The number of nitrogens with one attached hydrogen (secondary N) is 2. The van der Waals surface area contributed by atoms with Gasteiger partial charge in [0.1, 0.15) is 0 Å². The Balaban J connectivity index is 0.00000169. The summed E-state index contributed by atoms with van der Waals surface area (Å²) in [5, 5.41) is 6.33. The first-order chi connectivity index (χ1) is 10.8. The van der Waals surface area contributed by atoms with Gasteiger partial charge < -0.3 is 10.6 Å². The highest BCUT2D eigenvalue weighted by atomic mass is 35.5. The minimum atomic E-state index is -4.18. The molecule has 0 aromatic carbocycles. The summed E-state index contributed by atoms with van der Waals surface area (Å²) in [6.45, 7) is 1.69. The van der Waals surface area contributed by atoms with Gasteiger partial charge in [0.2, 0.25) is 5.91 Å². The van der Waals surface area contributed by atoms with Gasteiger partial charge in [-0.15, -0.1) is 12.4 Å². The third-order valence-corrected chi connectivity index (χ3v) is 6.78. The summed E-state index contributed by atoms with van der Waals surface area (Å²) in [4.78, 5) is 12.9. The Bertz CT molecular complexity index is 491. The third-order valence-electron chi connectivity index (χ3n) is 6.78. The van der Waals surface area contributed by atoms with Gasteiger partial charge in [-0.3, -0.25) is 4.79 Å². The van der Waals surface area contributed by atoms with Crippen molar-refractivity contribution < 1.29 is 18.0 Å². The monoisotopic (exact) mass is 366 g/mol. The van der Waals surface area contributed by atoms with E-state index in [0.29, 0.717) is 12.8 Å². The Labute approximate surface area is 146 Å². The van der Waals surface area contributed by atoms with Crippen LogP contribution in [0.15, 0.2) is 0 Å². The van der Waals surface area contributed by atoms with E-state index < -0.39 is 17.0 Å². The number of piperidine rings is 1. The molecule has 5 rings (SSSR count). The lowest BCUT2D eigenvalue weighted by atomic mass is 9.43. The van der Waals surface area contributed by atoms with E-state index in [1.165, 1.54) is 0 Å². The van der Waals surface area contributed by atoms with Crippen LogP contribution in [-0.2, 0) is 4.79 Å². The summed E-state index contributed by atoms with van der Waals surface area (Å²) in [5.41, 5.74) is -2.36. The molecule has 4 aliphatic carbocycles. The van der Waals surface area contributed by atoms with Crippen LogP contribution in [0.1, 0.15) is 51.4 Å². The molecule has 1 saturated heterocycles. The van der Waals surface area contributed by atoms with E-state index >= 15 is 0 Å². The Morgan fingerprint density at radius 1 is 1.12 bits per heavy atom. The lowest BCUT2D eigenvalue weighted by Gasteiger charge is -2.61. The number of hydrogen-bond acceptors (Lipinski definition) is 2.